The highest BCUT2D eigenvalue weighted by Crippen LogP contribution is 2.25. The number of pyridine rings is 1. The van der Waals surface area contributed by atoms with Gasteiger partial charge in [0.1, 0.15) is 17.3 Å². The Hall–Kier alpha value is -2.41. The van der Waals surface area contributed by atoms with E-state index in [2.05, 4.69) is 42.2 Å². The van der Waals surface area contributed by atoms with Gasteiger partial charge in [0.25, 0.3) is 0 Å². The number of guanidine groups is 1. The summed E-state index contributed by atoms with van der Waals surface area (Å²) in [6.07, 6.45) is 1.85. The molecule has 0 atom stereocenters. The molecule has 8 nitrogen and oxygen atoms in total. The monoisotopic (exact) mass is 576 g/mol. The minimum atomic E-state index is -2.90. The normalized spacial score (nSPS) is 14.6. The zero-order valence-corrected chi connectivity index (χ0v) is 21.4. The molecule has 33 heavy (non-hydrogen) atoms. The van der Waals surface area contributed by atoms with Crippen molar-refractivity contribution in [2.75, 3.05) is 52.3 Å². The lowest BCUT2D eigenvalue weighted by atomic mass is 10.2. The summed E-state index contributed by atoms with van der Waals surface area (Å²) in [5, 5.41) is 6.32. The molecule has 182 valence electrons. The quantitative estimate of drug-likeness (QED) is 0.285. The molecule has 11 heteroatoms. The summed E-state index contributed by atoms with van der Waals surface area (Å²) in [7, 11) is 5.29. The molecule has 0 spiro atoms. The van der Waals surface area contributed by atoms with E-state index in [1.54, 1.807) is 19.2 Å². The van der Waals surface area contributed by atoms with Crippen molar-refractivity contribution in [2.24, 2.45) is 4.99 Å². The molecular weight excluding hydrogens is 545 g/mol. The van der Waals surface area contributed by atoms with Crippen LogP contribution in [-0.2, 0) is 13.1 Å². The number of nitrogens with one attached hydrogen (secondary N) is 2. The van der Waals surface area contributed by atoms with E-state index in [4.69, 9.17) is 4.74 Å². The average molecular weight is 576 g/mol. The molecule has 2 N–H and O–H groups in total. The Balaban J connectivity index is 0.00000385. The van der Waals surface area contributed by atoms with E-state index in [9.17, 15) is 8.78 Å². The molecule has 2 aromatic rings. The molecule has 0 unspecified atom stereocenters. The number of likely N-dealkylation sites (N-methyl/N-ethyl adjacent to an activating group) is 1. The lowest BCUT2D eigenvalue weighted by Crippen LogP contribution is -2.44. The van der Waals surface area contributed by atoms with Gasteiger partial charge in [-0.05, 0) is 36.9 Å². The zero-order chi connectivity index (χ0) is 22.9. The second-order valence-corrected chi connectivity index (χ2v) is 7.45. The first-order valence-electron chi connectivity index (χ1n) is 10.4. The van der Waals surface area contributed by atoms with Gasteiger partial charge in [0.05, 0.1) is 7.11 Å². The minimum Gasteiger partial charge on any atom is -0.497 e. The zero-order valence-electron chi connectivity index (χ0n) is 19.1. The minimum absolute atomic E-state index is 0. The maximum absolute atomic E-state index is 12.7. The van der Waals surface area contributed by atoms with E-state index in [1.165, 1.54) is 13.2 Å². The molecule has 0 bridgehead atoms. The average Bonchev–Trinajstić information content (AvgIpc) is 2.80. The summed E-state index contributed by atoms with van der Waals surface area (Å²) < 4.78 is 35.2. The molecule has 1 aromatic carbocycles. The molecule has 0 amide bonds. The van der Waals surface area contributed by atoms with Gasteiger partial charge < -0.3 is 29.9 Å². The van der Waals surface area contributed by atoms with Crippen LogP contribution >= 0.6 is 24.0 Å². The number of anilines is 1. The molecule has 2 heterocycles. The van der Waals surface area contributed by atoms with E-state index in [0.29, 0.717) is 23.8 Å². The second-order valence-electron chi connectivity index (χ2n) is 7.45. The lowest BCUT2D eigenvalue weighted by molar-refractivity contribution is -0.0505. The van der Waals surface area contributed by atoms with Crippen LogP contribution in [0.4, 0.5) is 14.6 Å². The van der Waals surface area contributed by atoms with Crippen molar-refractivity contribution >= 4 is 35.8 Å². The highest BCUT2D eigenvalue weighted by Gasteiger charge is 2.15. The van der Waals surface area contributed by atoms with Crippen LogP contribution in [-0.4, -0.2) is 69.8 Å². The first-order chi connectivity index (χ1) is 15.5. The third-order valence-electron chi connectivity index (χ3n) is 5.25. The van der Waals surface area contributed by atoms with Crippen molar-refractivity contribution in [3.63, 3.8) is 0 Å². The smallest absolute Gasteiger partial charge is 0.387 e. The largest absolute Gasteiger partial charge is 0.497 e. The molecule has 1 fully saturated rings. The lowest BCUT2D eigenvalue weighted by Gasteiger charge is -2.33. The van der Waals surface area contributed by atoms with Crippen molar-refractivity contribution in [3.8, 4) is 11.5 Å². The van der Waals surface area contributed by atoms with E-state index in [-0.39, 0.29) is 36.3 Å². The number of hydrogen-bond donors (Lipinski definition) is 2. The van der Waals surface area contributed by atoms with Crippen molar-refractivity contribution < 1.29 is 18.3 Å². The molecule has 0 radical (unpaired) electrons. The Morgan fingerprint density at radius 2 is 1.85 bits per heavy atom. The topological polar surface area (TPSA) is 74.3 Å². The maximum atomic E-state index is 12.7. The Morgan fingerprint density at radius 3 is 2.45 bits per heavy atom. The van der Waals surface area contributed by atoms with Gasteiger partial charge in [-0.25, -0.2) is 4.98 Å². The van der Waals surface area contributed by atoms with Gasteiger partial charge in [0, 0.05) is 58.1 Å². The molecule has 0 saturated carbocycles. The Bertz CT molecular complexity index is 893. The predicted molar refractivity (Wildman–Crippen MR) is 136 cm³/mol. The SMILES string of the molecule is CN=C(NCc1ccc(N2CCN(C)CC2)nc1)NCc1cc(OC)ccc1OC(F)F.I. The van der Waals surface area contributed by atoms with Gasteiger partial charge in [0.2, 0.25) is 0 Å². The third-order valence-corrected chi connectivity index (χ3v) is 5.25. The first kappa shape index (κ1) is 26.8. The van der Waals surface area contributed by atoms with Gasteiger partial charge >= 0.3 is 6.61 Å². The number of hydrogen-bond acceptors (Lipinski definition) is 6. The summed E-state index contributed by atoms with van der Waals surface area (Å²) >= 11 is 0. The van der Waals surface area contributed by atoms with Gasteiger partial charge in [-0.2, -0.15) is 8.78 Å². The van der Waals surface area contributed by atoms with Crippen molar-refractivity contribution in [3.05, 3.63) is 47.7 Å². The second kappa shape index (κ2) is 13.3. The number of aromatic nitrogens is 1. The van der Waals surface area contributed by atoms with Crippen molar-refractivity contribution in [1.29, 1.82) is 0 Å². The summed E-state index contributed by atoms with van der Waals surface area (Å²) in [6, 6.07) is 8.76. The number of ether oxygens (including phenoxy) is 2. The number of aliphatic imine (C=N–C) groups is 1. The highest BCUT2D eigenvalue weighted by atomic mass is 127. The molecule has 3 rings (SSSR count). The van der Waals surface area contributed by atoms with E-state index < -0.39 is 6.61 Å². The van der Waals surface area contributed by atoms with Crippen LogP contribution in [0.3, 0.4) is 0 Å². The fourth-order valence-electron chi connectivity index (χ4n) is 3.36. The van der Waals surface area contributed by atoms with Crippen LogP contribution in [0.5, 0.6) is 11.5 Å². The van der Waals surface area contributed by atoms with Crippen LogP contribution in [0.2, 0.25) is 0 Å². The van der Waals surface area contributed by atoms with Gasteiger partial charge in [-0.15, -0.1) is 24.0 Å². The Labute approximate surface area is 210 Å². The van der Waals surface area contributed by atoms with Gasteiger partial charge in [-0.3, -0.25) is 4.99 Å². The highest BCUT2D eigenvalue weighted by molar-refractivity contribution is 14.0. The van der Waals surface area contributed by atoms with Crippen LogP contribution < -0.4 is 25.0 Å². The summed E-state index contributed by atoms with van der Waals surface area (Å²) in [4.78, 5) is 13.4. The number of rotatable bonds is 8. The van der Waals surface area contributed by atoms with Crippen LogP contribution in [0.15, 0.2) is 41.5 Å². The molecule has 1 aliphatic heterocycles. The number of piperazine rings is 1. The number of benzene rings is 1. The number of nitrogens with zero attached hydrogens (tertiary/aromatic N) is 4. The standard InChI is InChI=1S/C22H30F2N6O2.HI/c1-25-22(28-15-17-12-18(31-3)5-6-19(17)32-21(23)24)27-14-16-4-7-20(26-13-16)30-10-8-29(2)9-11-30;/h4-7,12-13,21H,8-11,14-15H2,1-3H3,(H2,25,27,28);1H. The summed E-state index contributed by atoms with van der Waals surface area (Å²) in [5.74, 6) is 2.15. The van der Waals surface area contributed by atoms with Crippen LogP contribution in [0.1, 0.15) is 11.1 Å². The molecule has 0 aliphatic carbocycles. The fourth-order valence-corrected chi connectivity index (χ4v) is 3.36. The number of alkyl halides is 2. The number of halogens is 3. The Kier molecular flexibility index (Phi) is 10.8. The van der Waals surface area contributed by atoms with E-state index in [1.807, 2.05) is 18.3 Å². The fraction of sp³-hybridized carbons (Fsp3) is 0.455. The summed E-state index contributed by atoms with van der Waals surface area (Å²) in [5.41, 5.74) is 1.54. The van der Waals surface area contributed by atoms with Crippen molar-refractivity contribution in [1.82, 2.24) is 20.5 Å². The maximum Gasteiger partial charge on any atom is 0.387 e. The number of methoxy groups -OCH3 is 1. The molecular formula is C22H31F2IN6O2. The first-order valence-corrected chi connectivity index (χ1v) is 10.4. The van der Waals surface area contributed by atoms with E-state index >= 15 is 0 Å². The van der Waals surface area contributed by atoms with Gasteiger partial charge in [0.15, 0.2) is 5.96 Å². The van der Waals surface area contributed by atoms with Crippen LogP contribution in [0, 0.1) is 0 Å². The summed E-state index contributed by atoms with van der Waals surface area (Å²) in [6.45, 7) is 1.86. The van der Waals surface area contributed by atoms with Crippen LogP contribution in [0.25, 0.3) is 0 Å². The molecule has 1 aromatic heterocycles. The predicted octanol–water partition coefficient (Wildman–Crippen LogP) is 2.93. The Morgan fingerprint density at radius 1 is 1.12 bits per heavy atom. The van der Waals surface area contributed by atoms with Crippen molar-refractivity contribution in [2.45, 2.75) is 19.7 Å². The van der Waals surface area contributed by atoms with Gasteiger partial charge in [-0.1, -0.05) is 6.07 Å². The molecule has 1 aliphatic rings. The third kappa shape index (κ3) is 8.14. The van der Waals surface area contributed by atoms with E-state index in [0.717, 1.165) is 37.6 Å². The molecule has 1 saturated heterocycles.